The van der Waals surface area contributed by atoms with E-state index >= 15 is 0 Å². The molecule has 0 aliphatic carbocycles. The minimum absolute atomic E-state index is 0.0547. The number of rotatable bonds is 7. The van der Waals surface area contributed by atoms with Crippen LogP contribution < -0.4 is 15.4 Å². The number of hydrogen-bond acceptors (Lipinski definition) is 5. The number of likely N-dealkylation sites (N-methyl/N-ethyl adjacent to an activating group) is 1. The van der Waals surface area contributed by atoms with Gasteiger partial charge in [-0.15, -0.1) is 0 Å². The lowest BCUT2D eigenvalue weighted by atomic mass is 10.1. The maximum atomic E-state index is 12.1. The van der Waals surface area contributed by atoms with Crippen LogP contribution in [-0.4, -0.2) is 43.6 Å². The number of nitro groups is 1. The van der Waals surface area contributed by atoms with Gasteiger partial charge in [0.25, 0.3) is 5.69 Å². The summed E-state index contributed by atoms with van der Waals surface area (Å²) in [6.07, 6.45) is 0. The topological polar surface area (TPSA) is 96.7 Å². The van der Waals surface area contributed by atoms with Gasteiger partial charge in [-0.25, -0.2) is 4.79 Å². The fourth-order valence-corrected chi connectivity index (χ4v) is 2.51. The molecule has 1 atom stereocenters. The summed E-state index contributed by atoms with van der Waals surface area (Å²) in [5, 5.41) is 16.2. The van der Waals surface area contributed by atoms with Gasteiger partial charge < -0.3 is 20.3 Å². The minimum Gasteiger partial charge on any atom is -0.497 e. The first kappa shape index (κ1) is 19.2. The Balaban J connectivity index is 2.01. The molecule has 8 nitrogen and oxygen atoms in total. The van der Waals surface area contributed by atoms with Gasteiger partial charge in [-0.2, -0.15) is 0 Å². The molecule has 0 aliphatic rings. The second-order valence-electron chi connectivity index (χ2n) is 5.90. The number of benzene rings is 2. The Bertz CT molecular complexity index is 779. The van der Waals surface area contributed by atoms with Crippen molar-refractivity contribution in [1.82, 2.24) is 10.2 Å². The zero-order valence-electron chi connectivity index (χ0n) is 14.9. The van der Waals surface area contributed by atoms with Crippen molar-refractivity contribution < 1.29 is 14.5 Å². The SMILES string of the molecule is COc1cccc(C(CNC(=O)Nc2cccc([N+](=O)[O-])c2)N(C)C)c1. The van der Waals surface area contributed by atoms with Crippen LogP contribution in [0.25, 0.3) is 0 Å². The number of urea groups is 1. The number of carbonyl (C=O) groups is 1. The first-order valence-electron chi connectivity index (χ1n) is 8.00. The van der Waals surface area contributed by atoms with Gasteiger partial charge in [0.15, 0.2) is 0 Å². The Morgan fingerprint density at radius 2 is 1.96 bits per heavy atom. The summed E-state index contributed by atoms with van der Waals surface area (Å²) in [6, 6.07) is 13.0. The zero-order chi connectivity index (χ0) is 19.1. The average Bonchev–Trinajstić information content (AvgIpc) is 2.62. The summed E-state index contributed by atoms with van der Waals surface area (Å²) in [6.45, 7) is 0.362. The molecule has 2 rings (SSSR count). The second-order valence-corrected chi connectivity index (χ2v) is 5.90. The molecule has 2 aromatic carbocycles. The fourth-order valence-electron chi connectivity index (χ4n) is 2.51. The van der Waals surface area contributed by atoms with Crippen molar-refractivity contribution in [3.8, 4) is 5.75 Å². The molecule has 138 valence electrons. The van der Waals surface area contributed by atoms with Gasteiger partial charge in [0, 0.05) is 24.4 Å². The van der Waals surface area contributed by atoms with Crippen LogP contribution in [0.1, 0.15) is 11.6 Å². The van der Waals surface area contributed by atoms with E-state index in [0.717, 1.165) is 11.3 Å². The molecule has 1 unspecified atom stereocenters. The molecule has 0 fully saturated rings. The maximum absolute atomic E-state index is 12.1. The van der Waals surface area contributed by atoms with Crippen LogP contribution in [-0.2, 0) is 0 Å². The summed E-state index contributed by atoms with van der Waals surface area (Å²) >= 11 is 0. The first-order valence-corrected chi connectivity index (χ1v) is 8.00. The highest BCUT2D eigenvalue weighted by Crippen LogP contribution is 2.22. The van der Waals surface area contributed by atoms with Gasteiger partial charge in [-0.05, 0) is 37.9 Å². The predicted molar refractivity (Wildman–Crippen MR) is 99.5 cm³/mol. The number of nitrogens with zero attached hydrogens (tertiary/aromatic N) is 2. The number of ether oxygens (including phenoxy) is 1. The monoisotopic (exact) mass is 358 g/mol. The van der Waals surface area contributed by atoms with Crippen LogP contribution in [0.15, 0.2) is 48.5 Å². The third-order valence-electron chi connectivity index (χ3n) is 3.87. The average molecular weight is 358 g/mol. The van der Waals surface area contributed by atoms with Crippen LogP contribution >= 0.6 is 0 Å². The Hall–Kier alpha value is -3.13. The van der Waals surface area contributed by atoms with Gasteiger partial charge in [0.05, 0.1) is 18.1 Å². The van der Waals surface area contributed by atoms with Crippen molar-refractivity contribution in [1.29, 1.82) is 0 Å². The van der Waals surface area contributed by atoms with E-state index in [1.165, 1.54) is 18.2 Å². The highest BCUT2D eigenvalue weighted by molar-refractivity contribution is 5.89. The lowest BCUT2D eigenvalue weighted by Gasteiger charge is -2.25. The van der Waals surface area contributed by atoms with Crippen molar-refractivity contribution in [2.24, 2.45) is 0 Å². The molecule has 8 heteroatoms. The van der Waals surface area contributed by atoms with Gasteiger partial charge in [-0.3, -0.25) is 10.1 Å². The van der Waals surface area contributed by atoms with Gasteiger partial charge >= 0.3 is 6.03 Å². The molecule has 0 radical (unpaired) electrons. The highest BCUT2D eigenvalue weighted by Gasteiger charge is 2.16. The lowest BCUT2D eigenvalue weighted by molar-refractivity contribution is -0.384. The number of methoxy groups -OCH3 is 1. The second kappa shape index (κ2) is 8.82. The highest BCUT2D eigenvalue weighted by atomic mass is 16.6. The Morgan fingerprint density at radius 1 is 1.23 bits per heavy atom. The third kappa shape index (κ3) is 5.18. The molecule has 2 amide bonds. The van der Waals surface area contributed by atoms with E-state index < -0.39 is 11.0 Å². The standard InChI is InChI=1S/C18H22N4O4/c1-21(2)17(13-6-4-9-16(10-13)26-3)12-19-18(23)20-14-7-5-8-15(11-14)22(24)25/h4-11,17H,12H2,1-3H3,(H2,19,20,23). The van der Waals surface area contributed by atoms with E-state index in [1.54, 1.807) is 13.2 Å². The fraction of sp³-hybridized carbons (Fsp3) is 0.278. The molecular weight excluding hydrogens is 336 g/mol. The van der Waals surface area contributed by atoms with Crippen molar-refractivity contribution in [2.75, 3.05) is 33.1 Å². The summed E-state index contributed by atoms with van der Waals surface area (Å²) in [5.74, 6) is 0.746. The molecule has 2 N–H and O–H groups in total. The summed E-state index contributed by atoms with van der Waals surface area (Å²) in [7, 11) is 5.45. The number of amides is 2. The minimum atomic E-state index is -0.506. The Kier molecular flexibility index (Phi) is 6.51. The van der Waals surface area contributed by atoms with Crippen LogP contribution in [0.3, 0.4) is 0 Å². The maximum Gasteiger partial charge on any atom is 0.319 e. The molecule has 26 heavy (non-hydrogen) atoms. The molecule has 0 heterocycles. The zero-order valence-corrected chi connectivity index (χ0v) is 14.9. The van der Waals surface area contributed by atoms with Crippen LogP contribution in [0, 0.1) is 10.1 Å². The van der Waals surface area contributed by atoms with E-state index in [1.807, 2.05) is 43.3 Å². The quantitative estimate of drug-likeness (QED) is 0.586. The first-order chi connectivity index (χ1) is 12.4. The molecule has 0 saturated carbocycles. The molecule has 0 aliphatic heterocycles. The van der Waals surface area contributed by atoms with Gasteiger partial charge in [0.2, 0.25) is 0 Å². The number of anilines is 1. The van der Waals surface area contributed by atoms with Crippen LogP contribution in [0.4, 0.5) is 16.2 Å². The molecule has 2 aromatic rings. The van der Waals surface area contributed by atoms with Crippen molar-refractivity contribution >= 4 is 17.4 Å². The molecule has 0 saturated heterocycles. The Morgan fingerprint density at radius 3 is 2.62 bits per heavy atom. The number of carbonyl (C=O) groups excluding carboxylic acids is 1. The van der Waals surface area contributed by atoms with E-state index in [9.17, 15) is 14.9 Å². The summed E-state index contributed by atoms with van der Waals surface area (Å²) in [4.78, 5) is 24.4. The number of nitrogens with one attached hydrogen (secondary N) is 2. The van der Waals surface area contributed by atoms with Gasteiger partial charge in [-0.1, -0.05) is 18.2 Å². The number of hydrogen-bond donors (Lipinski definition) is 2. The smallest absolute Gasteiger partial charge is 0.319 e. The van der Waals surface area contributed by atoms with E-state index in [-0.39, 0.29) is 11.7 Å². The summed E-state index contributed by atoms with van der Waals surface area (Å²) < 4.78 is 5.25. The Labute approximate surface area is 151 Å². The van der Waals surface area contributed by atoms with Crippen LogP contribution in [0.5, 0.6) is 5.75 Å². The molecular formula is C18H22N4O4. The van der Waals surface area contributed by atoms with Crippen LogP contribution in [0.2, 0.25) is 0 Å². The summed E-state index contributed by atoms with van der Waals surface area (Å²) in [5.41, 5.74) is 1.29. The predicted octanol–water partition coefficient (Wildman–Crippen LogP) is 3.03. The van der Waals surface area contributed by atoms with Gasteiger partial charge in [0.1, 0.15) is 5.75 Å². The third-order valence-corrected chi connectivity index (χ3v) is 3.87. The largest absolute Gasteiger partial charge is 0.497 e. The van der Waals surface area contributed by atoms with E-state index in [2.05, 4.69) is 10.6 Å². The van der Waals surface area contributed by atoms with Crippen molar-refractivity contribution in [3.63, 3.8) is 0 Å². The lowest BCUT2D eigenvalue weighted by Crippen LogP contribution is -2.36. The molecule has 0 aromatic heterocycles. The normalized spacial score (nSPS) is 11.7. The number of nitro benzene ring substituents is 1. The van der Waals surface area contributed by atoms with Crippen molar-refractivity contribution in [3.05, 3.63) is 64.2 Å². The molecule has 0 spiro atoms. The molecule has 0 bridgehead atoms. The number of non-ortho nitro benzene ring substituents is 1. The van der Waals surface area contributed by atoms with E-state index in [4.69, 9.17) is 4.74 Å². The van der Waals surface area contributed by atoms with E-state index in [0.29, 0.717) is 12.2 Å². The van der Waals surface area contributed by atoms with Crippen molar-refractivity contribution in [2.45, 2.75) is 6.04 Å².